The lowest BCUT2D eigenvalue weighted by molar-refractivity contribution is -0.120. The van der Waals surface area contributed by atoms with Gasteiger partial charge in [-0.2, -0.15) is 4.98 Å². The molecule has 0 saturated heterocycles. The average Bonchev–Trinajstić information content (AvgIpc) is 2.83. The van der Waals surface area contributed by atoms with Crippen molar-refractivity contribution in [3.63, 3.8) is 0 Å². The van der Waals surface area contributed by atoms with Gasteiger partial charge in [0.2, 0.25) is 16.0 Å². The van der Waals surface area contributed by atoms with Crippen LogP contribution in [-0.2, 0) is 14.8 Å². The Balaban J connectivity index is 1.68. The molecule has 0 aliphatic carbocycles. The van der Waals surface area contributed by atoms with E-state index in [0.29, 0.717) is 38.9 Å². The van der Waals surface area contributed by atoms with Gasteiger partial charge in [0.15, 0.2) is 6.61 Å². The summed E-state index contributed by atoms with van der Waals surface area (Å²) in [6.07, 6.45) is 1.52. The van der Waals surface area contributed by atoms with Crippen molar-refractivity contribution in [1.82, 2.24) is 14.7 Å². The van der Waals surface area contributed by atoms with Crippen LogP contribution in [0.5, 0.6) is 11.5 Å². The molecular formula is C21H21BrN6O5S. The number of hydrogen-bond acceptors (Lipinski definition) is 9. The van der Waals surface area contributed by atoms with Crippen LogP contribution >= 0.6 is 15.9 Å². The Hall–Kier alpha value is -3.42. The lowest BCUT2D eigenvalue weighted by atomic mass is 10.2. The number of nitrogens with zero attached hydrogens (tertiary/aromatic N) is 3. The van der Waals surface area contributed by atoms with Crippen LogP contribution in [0, 0.1) is 0 Å². The van der Waals surface area contributed by atoms with Crippen molar-refractivity contribution in [3.8, 4) is 11.5 Å². The van der Waals surface area contributed by atoms with E-state index in [0.717, 1.165) is 0 Å². The molecule has 2 heterocycles. The highest BCUT2D eigenvalue weighted by Crippen LogP contribution is 2.41. The number of halogens is 1. The van der Waals surface area contributed by atoms with E-state index >= 15 is 0 Å². The Bertz CT molecular complexity index is 1370. The van der Waals surface area contributed by atoms with Gasteiger partial charge in [0.1, 0.15) is 22.2 Å². The van der Waals surface area contributed by atoms with Crippen LogP contribution in [-0.4, -0.2) is 52.1 Å². The molecule has 0 radical (unpaired) electrons. The number of anilines is 5. The summed E-state index contributed by atoms with van der Waals surface area (Å²) in [7, 11) is 0.823. The molecule has 0 saturated carbocycles. The molecule has 1 aliphatic rings. The minimum absolute atomic E-state index is 0.0466. The van der Waals surface area contributed by atoms with Crippen LogP contribution < -0.4 is 29.7 Å². The number of nitrogens with one attached hydrogen (secondary N) is 3. The van der Waals surface area contributed by atoms with Crippen molar-refractivity contribution in [2.24, 2.45) is 0 Å². The normalized spacial score (nSPS) is 13.2. The second-order valence-corrected chi connectivity index (χ2v) is 9.81. The maximum absolute atomic E-state index is 12.4. The van der Waals surface area contributed by atoms with Crippen LogP contribution in [0.4, 0.5) is 28.8 Å². The van der Waals surface area contributed by atoms with Crippen molar-refractivity contribution in [2.45, 2.75) is 4.90 Å². The van der Waals surface area contributed by atoms with E-state index in [2.05, 4.69) is 41.3 Å². The summed E-state index contributed by atoms with van der Waals surface area (Å²) in [5, 5.41) is 6.12. The first-order valence-electron chi connectivity index (χ1n) is 9.94. The van der Waals surface area contributed by atoms with Gasteiger partial charge in [-0.25, -0.2) is 18.1 Å². The third-order valence-corrected chi connectivity index (χ3v) is 7.11. The molecule has 11 nitrogen and oxygen atoms in total. The van der Waals surface area contributed by atoms with Crippen molar-refractivity contribution in [2.75, 3.05) is 43.3 Å². The quantitative estimate of drug-likeness (QED) is 0.407. The summed E-state index contributed by atoms with van der Waals surface area (Å²) in [6, 6.07) is 9.84. The molecular weight excluding hydrogens is 528 g/mol. The molecule has 2 aromatic carbocycles. The first kappa shape index (κ1) is 23.7. The number of benzene rings is 2. The highest BCUT2D eigenvalue weighted by Gasteiger charge is 2.25. The number of likely N-dealkylation sites (N-methyl/N-ethyl adjacent to an activating group) is 1. The number of rotatable bonds is 7. The molecule has 3 aromatic rings. The second kappa shape index (κ2) is 9.44. The van der Waals surface area contributed by atoms with Crippen molar-refractivity contribution < 1.29 is 22.7 Å². The number of carbonyl (C=O) groups excluding carboxylic acids is 1. The Morgan fingerprint density at radius 1 is 1.18 bits per heavy atom. The van der Waals surface area contributed by atoms with Gasteiger partial charge >= 0.3 is 0 Å². The third kappa shape index (κ3) is 4.62. The van der Waals surface area contributed by atoms with E-state index in [9.17, 15) is 13.2 Å². The fourth-order valence-corrected chi connectivity index (χ4v) is 4.42. The van der Waals surface area contributed by atoms with Gasteiger partial charge in [0, 0.05) is 19.3 Å². The van der Waals surface area contributed by atoms with E-state index in [1.165, 1.54) is 31.3 Å². The number of hydrogen-bond donors (Lipinski definition) is 3. The van der Waals surface area contributed by atoms with Crippen LogP contribution in [0.3, 0.4) is 0 Å². The van der Waals surface area contributed by atoms with E-state index < -0.39 is 10.0 Å². The molecule has 0 atom stereocenters. The zero-order valence-corrected chi connectivity index (χ0v) is 20.8. The van der Waals surface area contributed by atoms with E-state index in [-0.39, 0.29) is 23.4 Å². The SMILES string of the molecule is CNS(=O)(=O)c1ccccc1Nc1nc(Nc2cc3c(cc2OC)OCC(=O)N3C)ncc1Br. The number of amides is 1. The molecule has 0 bridgehead atoms. The summed E-state index contributed by atoms with van der Waals surface area (Å²) >= 11 is 3.39. The zero-order valence-electron chi connectivity index (χ0n) is 18.4. The van der Waals surface area contributed by atoms with Gasteiger partial charge in [-0.05, 0) is 41.2 Å². The number of aromatic nitrogens is 2. The summed E-state index contributed by atoms with van der Waals surface area (Å²) < 4.78 is 38.6. The lowest BCUT2D eigenvalue weighted by Crippen LogP contribution is -2.35. The highest BCUT2D eigenvalue weighted by molar-refractivity contribution is 9.10. The average molecular weight is 549 g/mol. The maximum atomic E-state index is 12.4. The fourth-order valence-electron chi connectivity index (χ4n) is 3.24. The number of ether oxygens (including phenoxy) is 2. The molecule has 0 unspecified atom stereocenters. The van der Waals surface area contributed by atoms with E-state index in [1.807, 2.05) is 0 Å². The Morgan fingerprint density at radius 3 is 2.68 bits per heavy atom. The van der Waals surface area contributed by atoms with E-state index in [4.69, 9.17) is 9.47 Å². The molecule has 34 heavy (non-hydrogen) atoms. The molecule has 0 spiro atoms. The second-order valence-electron chi connectivity index (χ2n) is 7.11. The topological polar surface area (TPSA) is 135 Å². The minimum atomic E-state index is -3.70. The van der Waals surface area contributed by atoms with Crippen molar-refractivity contribution >= 4 is 60.7 Å². The molecule has 13 heteroatoms. The van der Waals surface area contributed by atoms with Crippen LogP contribution in [0.25, 0.3) is 0 Å². The van der Waals surface area contributed by atoms with Gasteiger partial charge in [0.25, 0.3) is 5.91 Å². The molecule has 4 rings (SSSR count). The predicted molar refractivity (Wildman–Crippen MR) is 131 cm³/mol. The summed E-state index contributed by atoms with van der Waals surface area (Å²) in [5.41, 5.74) is 1.42. The first-order valence-corrected chi connectivity index (χ1v) is 12.2. The van der Waals surface area contributed by atoms with Gasteiger partial charge in [-0.3, -0.25) is 4.79 Å². The predicted octanol–water partition coefficient (Wildman–Crippen LogP) is 3.00. The van der Waals surface area contributed by atoms with Gasteiger partial charge in [0.05, 0.1) is 28.6 Å². The van der Waals surface area contributed by atoms with Crippen molar-refractivity contribution in [3.05, 3.63) is 47.1 Å². The molecule has 1 aromatic heterocycles. The van der Waals surface area contributed by atoms with Crippen LogP contribution in [0.15, 0.2) is 52.0 Å². The number of sulfonamides is 1. The number of carbonyl (C=O) groups is 1. The molecule has 0 fully saturated rings. The largest absolute Gasteiger partial charge is 0.494 e. The number of para-hydroxylation sites is 1. The van der Waals surface area contributed by atoms with E-state index in [1.54, 1.807) is 37.4 Å². The standard InChI is InChI=1S/C21H21BrN6O5S/c1-23-34(30,31)18-7-5-4-6-13(18)25-20-12(22)10-24-21(27-20)26-14-8-15-17(9-16(14)32-3)33-11-19(29)28(15)2/h4-10,23H,11H2,1-3H3,(H2,24,25,26,27). The number of fused-ring (bicyclic) bond motifs is 1. The monoisotopic (exact) mass is 548 g/mol. The summed E-state index contributed by atoms with van der Waals surface area (Å²) in [5.74, 6) is 1.36. The van der Waals surface area contributed by atoms with Crippen LogP contribution in [0.1, 0.15) is 0 Å². The third-order valence-electron chi connectivity index (χ3n) is 5.06. The summed E-state index contributed by atoms with van der Waals surface area (Å²) in [4.78, 5) is 22.3. The first-order chi connectivity index (χ1) is 16.2. The smallest absolute Gasteiger partial charge is 0.264 e. The Kier molecular flexibility index (Phi) is 6.59. The fraction of sp³-hybridized carbons (Fsp3) is 0.190. The van der Waals surface area contributed by atoms with Crippen LogP contribution in [0.2, 0.25) is 0 Å². The Morgan fingerprint density at radius 2 is 1.94 bits per heavy atom. The highest BCUT2D eigenvalue weighted by atomic mass is 79.9. The molecule has 1 amide bonds. The molecule has 3 N–H and O–H groups in total. The molecule has 178 valence electrons. The Labute approximate surface area is 204 Å². The van der Waals surface area contributed by atoms with Gasteiger partial charge < -0.3 is 25.0 Å². The number of methoxy groups -OCH3 is 1. The van der Waals surface area contributed by atoms with Gasteiger partial charge in [-0.1, -0.05) is 12.1 Å². The minimum Gasteiger partial charge on any atom is -0.494 e. The van der Waals surface area contributed by atoms with Crippen molar-refractivity contribution in [1.29, 1.82) is 0 Å². The maximum Gasteiger partial charge on any atom is 0.264 e. The zero-order chi connectivity index (χ0) is 24.5. The lowest BCUT2D eigenvalue weighted by Gasteiger charge is -2.27. The van der Waals surface area contributed by atoms with Gasteiger partial charge in [-0.15, -0.1) is 0 Å². The summed E-state index contributed by atoms with van der Waals surface area (Å²) in [6.45, 7) is -0.0466. The molecule has 1 aliphatic heterocycles.